The molecule has 1 saturated carbocycles. The van der Waals surface area contributed by atoms with Gasteiger partial charge < -0.3 is 0 Å². The lowest BCUT2D eigenvalue weighted by atomic mass is 10.0. The van der Waals surface area contributed by atoms with Crippen LogP contribution in [0.3, 0.4) is 0 Å². The first-order valence-corrected chi connectivity index (χ1v) is 9.34. The van der Waals surface area contributed by atoms with E-state index < -0.39 is 10.2 Å². The zero-order valence-electron chi connectivity index (χ0n) is 11.0. The predicted octanol–water partition coefficient (Wildman–Crippen LogP) is 2.12. The maximum Gasteiger partial charge on any atom is 0.279 e. The zero-order valence-corrected chi connectivity index (χ0v) is 13.4. The monoisotopic (exact) mass is 338 g/mol. The number of piperidine rings is 1. The van der Waals surface area contributed by atoms with Gasteiger partial charge in [0.15, 0.2) is 0 Å². The Balaban J connectivity index is 1.87. The highest BCUT2D eigenvalue weighted by atomic mass is 79.9. The van der Waals surface area contributed by atoms with Crippen LogP contribution in [-0.4, -0.2) is 37.7 Å². The van der Waals surface area contributed by atoms with E-state index in [2.05, 4.69) is 27.6 Å². The van der Waals surface area contributed by atoms with Crippen molar-refractivity contribution in [3.05, 3.63) is 0 Å². The van der Waals surface area contributed by atoms with Crippen LogP contribution in [0.25, 0.3) is 0 Å². The highest BCUT2D eigenvalue weighted by molar-refractivity contribution is 9.09. The maximum absolute atomic E-state index is 12.2. The fourth-order valence-electron chi connectivity index (χ4n) is 2.59. The Bertz CT molecular complexity index is 382. The number of halogens is 1. The lowest BCUT2D eigenvalue weighted by Crippen LogP contribution is -2.46. The topological polar surface area (TPSA) is 49.4 Å². The molecule has 4 nitrogen and oxygen atoms in total. The van der Waals surface area contributed by atoms with Crippen LogP contribution < -0.4 is 4.72 Å². The molecule has 1 heterocycles. The van der Waals surface area contributed by atoms with Crippen molar-refractivity contribution in [3.63, 3.8) is 0 Å². The Kier molecular flexibility index (Phi) is 4.73. The standard InChI is InChI=1S/C12H23BrN2O2S/c1-11-3-2-8-15(9-11)18(16,17)14-10-12(4-5-12)6-7-13/h11,14H,2-10H2,1H3. The van der Waals surface area contributed by atoms with E-state index in [1.807, 2.05) is 0 Å². The number of hydrogen-bond donors (Lipinski definition) is 1. The van der Waals surface area contributed by atoms with Crippen molar-refractivity contribution in [3.8, 4) is 0 Å². The lowest BCUT2D eigenvalue weighted by molar-refractivity contribution is 0.277. The zero-order chi connectivity index (χ0) is 13.2. The Morgan fingerprint density at radius 2 is 2.17 bits per heavy atom. The first-order chi connectivity index (χ1) is 8.47. The van der Waals surface area contributed by atoms with Gasteiger partial charge in [0, 0.05) is 25.0 Å². The summed E-state index contributed by atoms with van der Waals surface area (Å²) in [4.78, 5) is 0. The summed E-state index contributed by atoms with van der Waals surface area (Å²) in [5.74, 6) is 0.479. The number of nitrogens with zero attached hydrogens (tertiary/aromatic N) is 1. The Labute approximate surface area is 119 Å². The smallest absolute Gasteiger partial charge is 0.202 e. The van der Waals surface area contributed by atoms with Gasteiger partial charge in [-0.15, -0.1) is 0 Å². The molecule has 106 valence electrons. The third-order valence-electron chi connectivity index (χ3n) is 4.17. The molecular formula is C12H23BrN2O2S. The molecule has 6 heteroatoms. The molecule has 0 aromatic rings. The second-order valence-corrected chi connectivity index (χ2v) is 8.42. The molecule has 0 spiro atoms. The SMILES string of the molecule is CC1CCCN(S(=O)(=O)NCC2(CCBr)CC2)C1. The summed E-state index contributed by atoms with van der Waals surface area (Å²) in [5.41, 5.74) is 0.234. The normalized spacial score (nSPS) is 28.2. The van der Waals surface area contributed by atoms with Gasteiger partial charge >= 0.3 is 0 Å². The molecule has 0 bridgehead atoms. The van der Waals surface area contributed by atoms with Crippen LogP contribution in [-0.2, 0) is 10.2 Å². The van der Waals surface area contributed by atoms with E-state index in [9.17, 15) is 8.42 Å². The largest absolute Gasteiger partial charge is 0.279 e. The molecule has 1 saturated heterocycles. The average molecular weight is 339 g/mol. The van der Waals surface area contributed by atoms with Gasteiger partial charge in [-0.2, -0.15) is 12.7 Å². The van der Waals surface area contributed by atoms with Crippen LogP contribution in [0.15, 0.2) is 0 Å². The van der Waals surface area contributed by atoms with Gasteiger partial charge in [0.1, 0.15) is 0 Å². The molecule has 1 aliphatic carbocycles. The summed E-state index contributed by atoms with van der Waals surface area (Å²) in [5, 5.41) is 0.954. The van der Waals surface area contributed by atoms with Crippen molar-refractivity contribution in [2.24, 2.45) is 11.3 Å². The molecule has 0 aromatic heterocycles. The molecule has 0 amide bonds. The number of rotatable bonds is 6. The molecule has 2 rings (SSSR count). The summed E-state index contributed by atoms with van der Waals surface area (Å²) in [7, 11) is -3.26. The number of alkyl halides is 1. The van der Waals surface area contributed by atoms with E-state index >= 15 is 0 Å². The summed E-state index contributed by atoms with van der Waals surface area (Å²) in [6, 6.07) is 0. The quantitative estimate of drug-likeness (QED) is 0.754. The fourth-order valence-corrected chi connectivity index (χ4v) is 4.93. The maximum atomic E-state index is 12.2. The van der Waals surface area contributed by atoms with Gasteiger partial charge in [0.2, 0.25) is 0 Å². The van der Waals surface area contributed by atoms with Crippen molar-refractivity contribution in [2.75, 3.05) is 25.0 Å². The van der Waals surface area contributed by atoms with Crippen molar-refractivity contribution >= 4 is 26.1 Å². The molecule has 2 aliphatic rings. The van der Waals surface area contributed by atoms with Crippen molar-refractivity contribution in [2.45, 2.75) is 39.0 Å². The lowest BCUT2D eigenvalue weighted by Gasteiger charge is -2.30. The molecular weight excluding hydrogens is 316 g/mol. The van der Waals surface area contributed by atoms with Crippen molar-refractivity contribution < 1.29 is 8.42 Å². The predicted molar refractivity (Wildman–Crippen MR) is 77.0 cm³/mol. The minimum atomic E-state index is -3.26. The first kappa shape index (κ1) is 14.8. The van der Waals surface area contributed by atoms with Crippen LogP contribution in [0, 0.1) is 11.3 Å². The second kappa shape index (κ2) is 5.77. The van der Waals surface area contributed by atoms with Crippen LogP contribution in [0.2, 0.25) is 0 Å². The number of nitrogens with one attached hydrogen (secondary N) is 1. The average Bonchev–Trinajstić information content (AvgIpc) is 3.08. The van der Waals surface area contributed by atoms with Crippen LogP contribution in [0.1, 0.15) is 39.0 Å². The van der Waals surface area contributed by atoms with Gasteiger partial charge in [0.25, 0.3) is 10.2 Å². The molecule has 1 N–H and O–H groups in total. The molecule has 1 atom stereocenters. The van der Waals surface area contributed by atoms with E-state index in [1.165, 1.54) is 0 Å². The van der Waals surface area contributed by atoms with Gasteiger partial charge in [-0.25, -0.2) is 4.72 Å². The minimum Gasteiger partial charge on any atom is -0.202 e. The summed E-state index contributed by atoms with van der Waals surface area (Å²) in [6.45, 7) is 4.06. The summed E-state index contributed by atoms with van der Waals surface area (Å²) < 4.78 is 28.9. The van der Waals surface area contributed by atoms with E-state index in [0.717, 1.165) is 37.4 Å². The van der Waals surface area contributed by atoms with E-state index in [-0.39, 0.29) is 5.41 Å². The molecule has 1 aliphatic heterocycles. The van der Waals surface area contributed by atoms with Crippen LogP contribution in [0.4, 0.5) is 0 Å². The van der Waals surface area contributed by atoms with Crippen LogP contribution >= 0.6 is 15.9 Å². The van der Waals surface area contributed by atoms with E-state index in [0.29, 0.717) is 25.6 Å². The van der Waals surface area contributed by atoms with E-state index in [4.69, 9.17) is 0 Å². The number of hydrogen-bond acceptors (Lipinski definition) is 2. The van der Waals surface area contributed by atoms with Gasteiger partial charge in [-0.3, -0.25) is 0 Å². The molecule has 0 aromatic carbocycles. The summed E-state index contributed by atoms with van der Waals surface area (Å²) in [6.07, 6.45) is 5.48. The van der Waals surface area contributed by atoms with E-state index in [1.54, 1.807) is 4.31 Å². The Morgan fingerprint density at radius 3 is 2.72 bits per heavy atom. The molecule has 1 unspecified atom stereocenters. The molecule has 18 heavy (non-hydrogen) atoms. The Morgan fingerprint density at radius 1 is 1.44 bits per heavy atom. The highest BCUT2D eigenvalue weighted by Gasteiger charge is 2.42. The minimum absolute atomic E-state index is 0.234. The summed E-state index contributed by atoms with van der Waals surface area (Å²) >= 11 is 3.44. The molecule has 2 fully saturated rings. The molecule has 0 radical (unpaired) electrons. The van der Waals surface area contributed by atoms with Gasteiger partial charge in [0.05, 0.1) is 0 Å². The Hall–Kier alpha value is 0.350. The van der Waals surface area contributed by atoms with Gasteiger partial charge in [-0.1, -0.05) is 22.9 Å². The highest BCUT2D eigenvalue weighted by Crippen LogP contribution is 2.48. The third kappa shape index (κ3) is 3.68. The van der Waals surface area contributed by atoms with Crippen molar-refractivity contribution in [1.82, 2.24) is 9.03 Å². The third-order valence-corrected chi connectivity index (χ3v) is 6.09. The van der Waals surface area contributed by atoms with Crippen molar-refractivity contribution in [1.29, 1.82) is 0 Å². The van der Waals surface area contributed by atoms with Gasteiger partial charge in [-0.05, 0) is 43.4 Å². The first-order valence-electron chi connectivity index (χ1n) is 6.78. The fraction of sp³-hybridized carbons (Fsp3) is 1.00. The van der Waals surface area contributed by atoms with Crippen LogP contribution in [0.5, 0.6) is 0 Å². The second-order valence-electron chi connectivity index (χ2n) is 5.87.